The lowest BCUT2D eigenvalue weighted by Crippen LogP contribution is -2.39. The number of rotatable bonds is 13. The molecule has 0 radical (unpaired) electrons. The van der Waals surface area contributed by atoms with Crippen LogP contribution in [0.15, 0.2) is 34.9 Å². The zero-order valence-corrected chi connectivity index (χ0v) is 18.5. The van der Waals surface area contributed by atoms with Gasteiger partial charge >= 0.3 is 12.4 Å². The number of hydrogen-bond acceptors (Lipinski definition) is 2. The molecule has 0 saturated heterocycles. The van der Waals surface area contributed by atoms with Crippen molar-refractivity contribution in [2.24, 2.45) is 0 Å². The van der Waals surface area contributed by atoms with Gasteiger partial charge in [0, 0.05) is 6.42 Å². The highest BCUT2D eigenvalue weighted by atomic mass is 19.4. The van der Waals surface area contributed by atoms with Gasteiger partial charge in [0.15, 0.2) is 5.79 Å². The van der Waals surface area contributed by atoms with Gasteiger partial charge in [0.1, 0.15) is 13.2 Å². The molecule has 0 rings (SSSR count). The van der Waals surface area contributed by atoms with E-state index in [0.717, 1.165) is 38.2 Å². The van der Waals surface area contributed by atoms with Crippen molar-refractivity contribution in [1.29, 1.82) is 0 Å². The van der Waals surface area contributed by atoms with E-state index in [1.165, 1.54) is 11.1 Å². The summed E-state index contributed by atoms with van der Waals surface area (Å²) in [5, 5.41) is 0. The van der Waals surface area contributed by atoms with Gasteiger partial charge in [-0.05, 0) is 66.7 Å². The molecular weight excluding hydrogens is 410 g/mol. The lowest BCUT2D eigenvalue weighted by molar-refractivity contribution is -0.305. The fourth-order valence-electron chi connectivity index (χ4n) is 2.57. The van der Waals surface area contributed by atoms with Crippen molar-refractivity contribution >= 4 is 0 Å². The highest BCUT2D eigenvalue weighted by Crippen LogP contribution is 2.28. The van der Waals surface area contributed by atoms with E-state index in [1.54, 1.807) is 6.08 Å². The van der Waals surface area contributed by atoms with E-state index in [1.807, 2.05) is 6.92 Å². The molecule has 0 aromatic rings. The van der Waals surface area contributed by atoms with Crippen LogP contribution in [-0.2, 0) is 9.47 Å². The second-order valence-corrected chi connectivity index (χ2v) is 7.94. The Morgan fingerprint density at radius 3 is 1.47 bits per heavy atom. The minimum Gasteiger partial charge on any atom is -0.341 e. The Morgan fingerprint density at radius 2 is 1.07 bits per heavy atom. The van der Waals surface area contributed by atoms with Crippen LogP contribution in [-0.4, -0.2) is 31.4 Å². The Morgan fingerprint density at radius 1 is 0.667 bits per heavy atom. The summed E-state index contributed by atoms with van der Waals surface area (Å²) in [7, 11) is 0. The summed E-state index contributed by atoms with van der Waals surface area (Å²) in [5.41, 5.74) is 3.58. The number of halogens is 6. The molecule has 0 amide bonds. The van der Waals surface area contributed by atoms with Crippen molar-refractivity contribution in [3.05, 3.63) is 34.9 Å². The average Bonchev–Trinajstić information content (AvgIpc) is 2.57. The zero-order chi connectivity index (χ0) is 23.4. The summed E-state index contributed by atoms with van der Waals surface area (Å²) >= 11 is 0. The van der Waals surface area contributed by atoms with E-state index in [2.05, 4.69) is 42.4 Å². The van der Waals surface area contributed by atoms with E-state index in [9.17, 15) is 26.3 Å². The molecule has 0 heterocycles. The van der Waals surface area contributed by atoms with Crippen LogP contribution in [0.2, 0.25) is 0 Å². The maximum Gasteiger partial charge on any atom is 0.411 e. The van der Waals surface area contributed by atoms with Crippen molar-refractivity contribution in [3.8, 4) is 0 Å². The van der Waals surface area contributed by atoms with E-state index in [0.29, 0.717) is 0 Å². The van der Waals surface area contributed by atoms with Crippen LogP contribution < -0.4 is 0 Å². The summed E-state index contributed by atoms with van der Waals surface area (Å²) < 4.78 is 83.7. The van der Waals surface area contributed by atoms with Crippen molar-refractivity contribution in [1.82, 2.24) is 0 Å². The van der Waals surface area contributed by atoms with Gasteiger partial charge in [0.05, 0.1) is 0 Å². The summed E-state index contributed by atoms with van der Waals surface area (Å²) in [4.78, 5) is 0. The molecule has 0 atom stereocenters. The molecule has 0 unspecified atom stereocenters. The standard InChI is InChI=1S/C22H34F6O2/c1-17(2)9-6-10-18(3)11-7-12-19(4)13-8-14-20(5,29-15-21(23,24)25)30-16-22(26,27)28/h9,11,13H,6-8,10,12,14-16H2,1-5H3/b18-11+,19-13-. The van der Waals surface area contributed by atoms with Gasteiger partial charge in [0.25, 0.3) is 0 Å². The largest absolute Gasteiger partial charge is 0.411 e. The van der Waals surface area contributed by atoms with Gasteiger partial charge in [-0.1, -0.05) is 34.9 Å². The van der Waals surface area contributed by atoms with Gasteiger partial charge < -0.3 is 9.47 Å². The van der Waals surface area contributed by atoms with Crippen LogP contribution in [0.25, 0.3) is 0 Å². The fourth-order valence-corrected chi connectivity index (χ4v) is 2.57. The van der Waals surface area contributed by atoms with Gasteiger partial charge in [-0.15, -0.1) is 0 Å². The highest BCUT2D eigenvalue weighted by molar-refractivity contribution is 5.05. The molecule has 0 aliphatic carbocycles. The van der Waals surface area contributed by atoms with Crippen molar-refractivity contribution < 1.29 is 35.8 Å². The molecule has 0 aromatic carbocycles. The van der Waals surface area contributed by atoms with Gasteiger partial charge in [-0.2, -0.15) is 26.3 Å². The molecule has 0 aromatic heterocycles. The van der Waals surface area contributed by atoms with Gasteiger partial charge in [-0.25, -0.2) is 0 Å². The second kappa shape index (κ2) is 13.2. The second-order valence-electron chi connectivity index (χ2n) is 7.94. The lowest BCUT2D eigenvalue weighted by atomic mass is 10.0. The first-order valence-corrected chi connectivity index (χ1v) is 9.98. The summed E-state index contributed by atoms with van der Waals surface area (Å²) in [6.07, 6.45) is 0.551. The Hall–Kier alpha value is -1.28. The minimum atomic E-state index is -4.65. The van der Waals surface area contributed by atoms with Crippen molar-refractivity contribution in [3.63, 3.8) is 0 Å². The van der Waals surface area contributed by atoms with Crippen LogP contribution in [0.3, 0.4) is 0 Å². The van der Waals surface area contributed by atoms with E-state index >= 15 is 0 Å². The molecule has 0 bridgehead atoms. The predicted octanol–water partition coefficient (Wildman–Crippen LogP) is 8.06. The summed E-state index contributed by atoms with van der Waals surface area (Å²) in [5.74, 6) is -1.97. The monoisotopic (exact) mass is 444 g/mol. The first-order chi connectivity index (χ1) is 13.6. The van der Waals surface area contributed by atoms with Gasteiger partial charge in [0.2, 0.25) is 0 Å². The third-order valence-electron chi connectivity index (χ3n) is 4.30. The maximum atomic E-state index is 12.4. The molecule has 0 aliphatic heterocycles. The molecule has 0 fully saturated rings. The maximum absolute atomic E-state index is 12.4. The molecule has 0 N–H and O–H groups in total. The topological polar surface area (TPSA) is 18.5 Å². The molecule has 30 heavy (non-hydrogen) atoms. The SMILES string of the molecule is CC(C)=CCC/C(C)=C/CC/C(C)=C\CCC(C)(OCC(F)(F)F)OCC(F)(F)F. The molecular formula is C22H34F6O2. The minimum absolute atomic E-state index is 0.117. The molecule has 176 valence electrons. The predicted molar refractivity (Wildman–Crippen MR) is 107 cm³/mol. The average molecular weight is 445 g/mol. The van der Waals surface area contributed by atoms with Crippen molar-refractivity contribution in [2.45, 2.75) is 91.3 Å². The van der Waals surface area contributed by atoms with E-state index in [4.69, 9.17) is 0 Å². The normalized spacial score (nSPS) is 14.2. The zero-order valence-electron chi connectivity index (χ0n) is 18.5. The molecule has 0 spiro atoms. The third kappa shape index (κ3) is 17.6. The summed E-state index contributed by atoms with van der Waals surface area (Å²) in [6, 6.07) is 0. The summed E-state index contributed by atoms with van der Waals surface area (Å²) in [6.45, 7) is 5.84. The smallest absolute Gasteiger partial charge is 0.341 e. The van der Waals surface area contributed by atoms with E-state index in [-0.39, 0.29) is 12.8 Å². The van der Waals surface area contributed by atoms with Gasteiger partial charge in [-0.3, -0.25) is 0 Å². The number of alkyl halides is 6. The molecule has 8 heteroatoms. The van der Waals surface area contributed by atoms with Crippen LogP contribution in [0, 0.1) is 0 Å². The Kier molecular flexibility index (Phi) is 12.6. The Bertz CT molecular complexity index is 563. The highest BCUT2D eigenvalue weighted by Gasteiger charge is 2.38. The fraction of sp³-hybridized carbons (Fsp3) is 0.727. The van der Waals surface area contributed by atoms with E-state index < -0.39 is 31.4 Å². The number of hydrogen-bond donors (Lipinski definition) is 0. The Labute approximate surface area is 176 Å². The third-order valence-corrected chi connectivity index (χ3v) is 4.30. The first-order valence-electron chi connectivity index (χ1n) is 9.98. The van der Waals surface area contributed by atoms with Crippen LogP contribution in [0.5, 0.6) is 0 Å². The first kappa shape index (κ1) is 28.7. The Balaban J connectivity index is 4.62. The van der Waals surface area contributed by atoms with Crippen molar-refractivity contribution in [2.75, 3.05) is 13.2 Å². The molecule has 0 saturated carbocycles. The van der Waals surface area contributed by atoms with Crippen LogP contribution in [0.4, 0.5) is 26.3 Å². The number of allylic oxidation sites excluding steroid dienone is 6. The lowest BCUT2D eigenvalue weighted by Gasteiger charge is -2.30. The van der Waals surface area contributed by atoms with Crippen LogP contribution >= 0.6 is 0 Å². The number of ether oxygens (including phenoxy) is 2. The molecule has 2 nitrogen and oxygen atoms in total. The quantitative estimate of drug-likeness (QED) is 0.162. The van der Waals surface area contributed by atoms with Crippen LogP contribution in [0.1, 0.15) is 73.1 Å². The molecule has 0 aliphatic rings.